The Morgan fingerprint density at radius 3 is 2.45 bits per heavy atom. The van der Waals surface area contributed by atoms with Gasteiger partial charge in [-0.2, -0.15) is 5.26 Å². The van der Waals surface area contributed by atoms with Crippen molar-refractivity contribution in [2.75, 3.05) is 4.72 Å². The fraction of sp³-hybridized carbons (Fsp3) is 0.100. The zero-order valence-electron chi connectivity index (χ0n) is 15.0. The molecule has 0 saturated heterocycles. The highest BCUT2D eigenvalue weighted by Gasteiger charge is 2.18. The minimum atomic E-state index is -3.64. The Balaban J connectivity index is 1.63. The normalized spacial score (nSPS) is 12.0. The molecule has 3 aromatic rings. The summed E-state index contributed by atoms with van der Waals surface area (Å²) >= 11 is 1.11. The van der Waals surface area contributed by atoms with E-state index in [0.717, 1.165) is 11.3 Å². The molecule has 9 heteroatoms. The third kappa shape index (κ3) is 5.19. The van der Waals surface area contributed by atoms with E-state index in [0.29, 0.717) is 11.3 Å². The summed E-state index contributed by atoms with van der Waals surface area (Å²) in [4.78, 5) is 12.2. The second kappa shape index (κ2) is 8.86. The van der Waals surface area contributed by atoms with Gasteiger partial charge in [-0.05, 0) is 35.2 Å². The van der Waals surface area contributed by atoms with Crippen LogP contribution in [0.5, 0.6) is 0 Å². The van der Waals surface area contributed by atoms with Gasteiger partial charge in [0.25, 0.3) is 10.0 Å². The predicted molar refractivity (Wildman–Crippen MR) is 108 cm³/mol. The molecule has 6 nitrogen and oxygen atoms in total. The minimum absolute atomic E-state index is 0.0371. The quantitative estimate of drug-likeness (QED) is 0.599. The number of nitrogens with one attached hydrogen (secondary N) is 2. The number of hydrogen-bond acceptors (Lipinski definition) is 5. The first kappa shape index (κ1) is 20.5. The number of nitriles is 1. The van der Waals surface area contributed by atoms with Gasteiger partial charge in [-0.15, -0.1) is 11.3 Å². The Bertz CT molecular complexity index is 1140. The first-order chi connectivity index (χ1) is 13.9. The van der Waals surface area contributed by atoms with Crippen molar-refractivity contribution in [2.24, 2.45) is 0 Å². The molecule has 0 radical (unpaired) electrons. The van der Waals surface area contributed by atoms with Gasteiger partial charge >= 0.3 is 0 Å². The molecule has 0 saturated carbocycles. The van der Waals surface area contributed by atoms with Crippen molar-refractivity contribution in [3.8, 4) is 6.07 Å². The maximum Gasteiger partial charge on any atom is 0.271 e. The predicted octanol–water partition coefficient (Wildman–Crippen LogP) is 3.61. The van der Waals surface area contributed by atoms with Crippen LogP contribution in [0.4, 0.5) is 10.1 Å². The van der Waals surface area contributed by atoms with E-state index in [9.17, 15) is 22.9 Å². The van der Waals surface area contributed by atoms with Crippen molar-refractivity contribution in [1.29, 1.82) is 5.26 Å². The number of halogens is 1. The average molecular weight is 429 g/mol. The number of benzene rings is 2. The lowest BCUT2D eigenvalue weighted by atomic mass is 10.1. The van der Waals surface area contributed by atoms with Crippen molar-refractivity contribution < 1.29 is 17.6 Å². The monoisotopic (exact) mass is 429 g/mol. The summed E-state index contributed by atoms with van der Waals surface area (Å²) in [5, 5.41) is 13.4. The third-order valence-corrected chi connectivity index (χ3v) is 6.76. The van der Waals surface area contributed by atoms with E-state index in [1.807, 2.05) is 6.07 Å². The van der Waals surface area contributed by atoms with Crippen LogP contribution in [-0.4, -0.2) is 14.3 Å². The highest BCUT2D eigenvalue weighted by molar-refractivity contribution is 7.94. The van der Waals surface area contributed by atoms with Crippen molar-refractivity contribution in [3.63, 3.8) is 0 Å². The van der Waals surface area contributed by atoms with Crippen molar-refractivity contribution in [3.05, 3.63) is 83.0 Å². The van der Waals surface area contributed by atoms with Gasteiger partial charge in [0.05, 0.1) is 12.5 Å². The van der Waals surface area contributed by atoms with Crippen LogP contribution in [0.2, 0.25) is 0 Å². The second-order valence-corrected chi connectivity index (χ2v) is 8.92. The Kier molecular flexibility index (Phi) is 6.26. The molecule has 2 aromatic carbocycles. The van der Waals surface area contributed by atoms with Crippen LogP contribution in [-0.2, 0) is 21.2 Å². The molecule has 1 heterocycles. The fourth-order valence-electron chi connectivity index (χ4n) is 2.60. The SMILES string of the molecule is N#CC(NC(=O)Cc1ccc(NS(=O)(=O)c2cccs2)cc1)c1ccccc1F. The van der Waals surface area contributed by atoms with Crippen LogP contribution in [0.3, 0.4) is 0 Å². The number of sulfonamides is 1. The number of carbonyl (C=O) groups excluding carboxylic acids is 1. The van der Waals surface area contributed by atoms with Gasteiger partial charge in [0.15, 0.2) is 0 Å². The maximum atomic E-state index is 13.8. The van der Waals surface area contributed by atoms with Gasteiger partial charge in [-0.1, -0.05) is 36.4 Å². The summed E-state index contributed by atoms with van der Waals surface area (Å²) in [6.45, 7) is 0. The molecule has 1 unspecified atom stereocenters. The van der Waals surface area contributed by atoms with Gasteiger partial charge < -0.3 is 5.32 Å². The lowest BCUT2D eigenvalue weighted by Crippen LogP contribution is -2.29. The summed E-state index contributed by atoms with van der Waals surface area (Å²) in [6, 6.07) is 16.0. The van der Waals surface area contributed by atoms with Crippen molar-refractivity contribution in [1.82, 2.24) is 5.32 Å². The molecule has 148 valence electrons. The molecule has 2 N–H and O–H groups in total. The molecule has 0 aliphatic heterocycles. The molecule has 0 aliphatic carbocycles. The highest BCUT2D eigenvalue weighted by atomic mass is 32.2. The maximum absolute atomic E-state index is 13.8. The lowest BCUT2D eigenvalue weighted by molar-refractivity contribution is -0.120. The van der Waals surface area contributed by atoms with Gasteiger partial charge in [0.1, 0.15) is 16.1 Å². The molecule has 1 atom stereocenters. The Morgan fingerprint density at radius 2 is 1.83 bits per heavy atom. The summed E-state index contributed by atoms with van der Waals surface area (Å²) in [6.07, 6.45) is -0.0371. The molecule has 3 rings (SSSR count). The Labute approximate surface area is 171 Å². The minimum Gasteiger partial charge on any atom is -0.336 e. The third-order valence-electron chi connectivity index (χ3n) is 3.98. The number of thiophene rings is 1. The average Bonchev–Trinajstić information content (AvgIpc) is 3.24. The summed E-state index contributed by atoms with van der Waals surface area (Å²) in [5.41, 5.74) is 1.08. The second-order valence-electron chi connectivity index (χ2n) is 6.06. The summed E-state index contributed by atoms with van der Waals surface area (Å²) in [5.74, 6) is -1.02. The standard InChI is InChI=1S/C20H16FN3O3S2/c21-17-5-2-1-4-16(17)18(13-22)23-19(25)12-14-7-9-15(10-8-14)24-29(26,27)20-6-3-11-28-20/h1-11,18,24H,12H2,(H,23,25). The molecule has 0 spiro atoms. The van der Waals surface area contributed by atoms with Crippen molar-refractivity contribution in [2.45, 2.75) is 16.7 Å². The number of nitrogens with zero attached hydrogens (tertiary/aromatic N) is 1. The Hall–Kier alpha value is -3.22. The van der Waals surface area contributed by atoms with E-state index in [4.69, 9.17) is 0 Å². The Morgan fingerprint density at radius 1 is 1.10 bits per heavy atom. The smallest absolute Gasteiger partial charge is 0.271 e. The highest BCUT2D eigenvalue weighted by Crippen LogP contribution is 2.21. The molecule has 0 aliphatic rings. The van der Waals surface area contributed by atoms with E-state index in [2.05, 4.69) is 10.0 Å². The summed E-state index contributed by atoms with van der Waals surface area (Å²) in [7, 11) is -3.64. The van der Waals surface area contributed by atoms with Crippen LogP contribution < -0.4 is 10.0 Å². The first-order valence-corrected chi connectivity index (χ1v) is 10.8. The molecular formula is C20H16FN3O3S2. The van der Waals surface area contributed by atoms with E-state index in [1.54, 1.807) is 41.8 Å². The van der Waals surface area contributed by atoms with E-state index < -0.39 is 27.8 Å². The van der Waals surface area contributed by atoms with Crippen LogP contribution in [0.25, 0.3) is 0 Å². The number of amides is 1. The fourth-order valence-corrected chi connectivity index (χ4v) is 4.65. The largest absolute Gasteiger partial charge is 0.336 e. The van der Waals surface area contributed by atoms with E-state index >= 15 is 0 Å². The van der Waals surface area contributed by atoms with Gasteiger partial charge in [-0.3, -0.25) is 9.52 Å². The molecule has 0 bridgehead atoms. The topological polar surface area (TPSA) is 99.1 Å². The van der Waals surface area contributed by atoms with Crippen LogP contribution in [0.15, 0.2) is 70.3 Å². The number of anilines is 1. The molecule has 1 amide bonds. The van der Waals surface area contributed by atoms with Crippen LogP contribution in [0.1, 0.15) is 17.2 Å². The number of rotatable bonds is 7. The van der Waals surface area contributed by atoms with Gasteiger partial charge in [0.2, 0.25) is 5.91 Å². The lowest BCUT2D eigenvalue weighted by Gasteiger charge is -2.13. The molecule has 29 heavy (non-hydrogen) atoms. The van der Waals surface area contributed by atoms with E-state index in [1.165, 1.54) is 24.3 Å². The molecule has 1 aromatic heterocycles. The van der Waals surface area contributed by atoms with Gasteiger partial charge in [-0.25, -0.2) is 12.8 Å². The van der Waals surface area contributed by atoms with Crippen molar-refractivity contribution >= 4 is 33.0 Å². The number of hydrogen-bond donors (Lipinski definition) is 2. The molecular weight excluding hydrogens is 413 g/mol. The van der Waals surface area contributed by atoms with Crippen LogP contribution in [0, 0.1) is 17.1 Å². The number of carbonyl (C=O) groups is 1. The molecule has 0 fully saturated rings. The first-order valence-electron chi connectivity index (χ1n) is 8.48. The van der Waals surface area contributed by atoms with Crippen LogP contribution >= 0.6 is 11.3 Å². The summed E-state index contributed by atoms with van der Waals surface area (Å²) < 4.78 is 40.9. The zero-order valence-corrected chi connectivity index (χ0v) is 16.6. The van der Waals surface area contributed by atoms with E-state index in [-0.39, 0.29) is 16.2 Å². The van der Waals surface area contributed by atoms with Gasteiger partial charge in [0, 0.05) is 11.3 Å². The zero-order chi connectivity index (χ0) is 20.9.